The lowest BCUT2D eigenvalue weighted by molar-refractivity contribution is 1.13. The molecule has 0 fully saturated rings. The lowest BCUT2D eigenvalue weighted by atomic mass is 10.1. The summed E-state index contributed by atoms with van der Waals surface area (Å²) in [7, 11) is 0. The van der Waals surface area contributed by atoms with Gasteiger partial charge in [0.1, 0.15) is 11.4 Å². The van der Waals surface area contributed by atoms with Crippen molar-refractivity contribution in [3.8, 4) is 23.4 Å². The van der Waals surface area contributed by atoms with Gasteiger partial charge in [-0.25, -0.2) is 4.98 Å². The van der Waals surface area contributed by atoms with Gasteiger partial charge in [-0.05, 0) is 47.0 Å². The molecule has 0 saturated carbocycles. The van der Waals surface area contributed by atoms with E-state index in [0.29, 0.717) is 0 Å². The van der Waals surface area contributed by atoms with Crippen LogP contribution in [0, 0.1) is 11.8 Å². The first kappa shape index (κ1) is 15.4. The van der Waals surface area contributed by atoms with Crippen molar-refractivity contribution in [3.63, 3.8) is 0 Å². The highest BCUT2D eigenvalue weighted by Gasteiger charge is 2.11. The van der Waals surface area contributed by atoms with E-state index >= 15 is 0 Å². The van der Waals surface area contributed by atoms with Crippen LogP contribution in [0.15, 0.2) is 91.3 Å². The Balaban J connectivity index is 1.68. The summed E-state index contributed by atoms with van der Waals surface area (Å²) >= 11 is 0. The lowest BCUT2D eigenvalue weighted by Crippen LogP contribution is -1.90. The van der Waals surface area contributed by atoms with Crippen LogP contribution >= 0.6 is 0 Å². The smallest absolute Gasteiger partial charge is 0.164 e. The molecule has 0 aliphatic carbocycles. The van der Waals surface area contributed by atoms with E-state index in [1.54, 1.807) is 6.20 Å². The topological polar surface area (TPSA) is 30.2 Å². The maximum absolute atomic E-state index is 4.78. The fourth-order valence-corrected chi connectivity index (χ4v) is 3.27. The van der Waals surface area contributed by atoms with Crippen LogP contribution in [-0.4, -0.2) is 14.4 Å². The first-order valence-corrected chi connectivity index (χ1v) is 8.78. The number of hydrogen-bond acceptors (Lipinski definition) is 2. The number of hydrogen-bond donors (Lipinski definition) is 0. The maximum Gasteiger partial charge on any atom is 0.164 e. The van der Waals surface area contributed by atoms with Gasteiger partial charge in [0, 0.05) is 18.0 Å². The number of rotatable bonds is 1. The quantitative estimate of drug-likeness (QED) is 0.402. The van der Waals surface area contributed by atoms with Crippen LogP contribution < -0.4 is 0 Å². The van der Waals surface area contributed by atoms with Crippen molar-refractivity contribution in [3.05, 3.63) is 103 Å². The zero-order chi connectivity index (χ0) is 18.1. The monoisotopic (exact) mass is 345 g/mol. The maximum atomic E-state index is 4.78. The largest absolute Gasteiger partial charge is 0.297 e. The fraction of sp³-hybridized carbons (Fsp3) is 0. The van der Waals surface area contributed by atoms with Gasteiger partial charge in [0.05, 0.1) is 5.52 Å². The van der Waals surface area contributed by atoms with Crippen LogP contribution in [0.1, 0.15) is 11.3 Å². The summed E-state index contributed by atoms with van der Waals surface area (Å²) in [6.07, 6.45) is 3.77. The molecule has 5 aromatic rings. The highest BCUT2D eigenvalue weighted by Crippen LogP contribution is 2.21. The summed E-state index contributed by atoms with van der Waals surface area (Å²) in [5, 5.41) is 2.34. The van der Waals surface area contributed by atoms with Crippen molar-refractivity contribution in [2.24, 2.45) is 0 Å². The Kier molecular flexibility index (Phi) is 3.66. The molecule has 0 atom stereocenters. The van der Waals surface area contributed by atoms with E-state index in [1.165, 1.54) is 5.39 Å². The van der Waals surface area contributed by atoms with Gasteiger partial charge >= 0.3 is 0 Å². The molecule has 0 radical (unpaired) electrons. The molecule has 0 unspecified atom stereocenters. The van der Waals surface area contributed by atoms with E-state index in [-0.39, 0.29) is 0 Å². The van der Waals surface area contributed by atoms with Crippen molar-refractivity contribution < 1.29 is 0 Å². The molecule has 3 nitrogen and oxygen atoms in total. The number of fused-ring (bicyclic) bond motifs is 2. The number of benzene rings is 2. The summed E-state index contributed by atoms with van der Waals surface area (Å²) in [6, 6.07) is 26.3. The summed E-state index contributed by atoms with van der Waals surface area (Å²) in [4.78, 5) is 9.22. The van der Waals surface area contributed by atoms with Crippen LogP contribution in [0.3, 0.4) is 0 Å². The Bertz CT molecular complexity index is 1320. The van der Waals surface area contributed by atoms with Gasteiger partial charge in [-0.1, -0.05) is 54.5 Å². The van der Waals surface area contributed by atoms with Crippen LogP contribution in [-0.2, 0) is 0 Å². The fourth-order valence-electron chi connectivity index (χ4n) is 3.27. The lowest BCUT2D eigenvalue weighted by Gasteiger charge is -1.99. The molecule has 126 valence electrons. The van der Waals surface area contributed by atoms with Crippen molar-refractivity contribution in [2.45, 2.75) is 0 Å². The third-order valence-electron chi connectivity index (χ3n) is 4.55. The van der Waals surface area contributed by atoms with Crippen molar-refractivity contribution in [1.29, 1.82) is 0 Å². The predicted octanol–water partition coefficient (Wildman–Crippen LogP) is 4.95. The predicted molar refractivity (Wildman–Crippen MR) is 108 cm³/mol. The zero-order valence-electron chi connectivity index (χ0n) is 14.5. The third kappa shape index (κ3) is 2.74. The van der Waals surface area contributed by atoms with Crippen molar-refractivity contribution >= 4 is 16.3 Å². The molecule has 0 spiro atoms. The second-order valence-corrected chi connectivity index (χ2v) is 6.23. The number of imidazole rings is 1. The van der Waals surface area contributed by atoms with Crippen molar-refractivity contribution in [1.82, 2.24) is 14.4 Å². The van der Waals surface area contributed by atoms with Gasteiger partial charge in [-0.15, -0.1) is 0 Å². The average molecular weight is 345 g/mol. The van der Waals surface area contributed by atoms with Crippen LogP contribution in [0.4, 0.5) is 0 Å². The summed E-state index contributed by atoms with van der Waals surface area (Å²) in [5.41, 5.74) is 3.57. The molecule has 2 aromatic carbocycles. The second-order valence-electron chi connectivity index (χ2n) is 6.23. The van der Waals surface area contributed by atoms with Crippen molar-refractivity contribution in [2.75, 3.05) is 0 Å². The molecule has 0 aliphatic rings. The molecular formula is C24H15N3. The Morgan fingerprint density at radius 1 is 0.741 bits per heavy atom. The minimum atomic E-state index is 0.754. The summed E-state index contributed by atoms with van der Waals surface area (Å²) in [5.74, 6) is 7.39. The van der Waals surface area contributed by atoms with E-state index in [4.69, 9.17) is 4.98 Å². The molecule has 0 amide bonds. The standard InChI is InChI=1S/C24H15N3/c1-2-11-20-18(8-1)9-7-10-19(20)14-15-21-23-13-4-6-17-27(23)24(26-21)22-12-3-5-16-25-22/h1-13,16-17H. The van der Waals surface area contributed by atoms with Crippen LogP contribution in [0.25, 0.3) is 27.8 Å². The Hall–Kier alpha value is -3.90. The normalized spacial score (nSPS) is 10.7. The molecule has 0 N–H and O–H groups in total. The molecule has 3 heteroatoms. The highest BCUT2D eigenvalue weighted by atomic mass is 15.0. The number of aromatic nitrogens is 3. The molecule has 27 heavy (non-hydrogen) atoms. The molecule has 5 rings (SSSR count). The first-order chi connectivity index (χ1) is 13.4. The number of nitrogens with zero attached hydrogens (tertiary/aromatic N) is 3. The zero-order valence-corrected chi connectivity index (χ0v) is 14.5. The highest BCUT2D eigenvalue weighted by molar-refractivity contribution is 5.88. The van der Waals surface area contributed by atoms with E-state index in [1.807, 2.05) is 71.3 Å². The van der Waals surface area contributed by atoms with E-state index in [2.05, 4.69) is 35.0 Å². The summed E-state index contributed by atoms with van der Waals surface area (Å²) < 4.78 is 2.04. The Morgan fingerprint density at radius 2 is 1.59 bits per heavy atom. The minimum absolute atomic E-state index is 0.754. The average Bonchev–Trinajstić information content (AvgIpc) is 3.12. The van der Waals surface area contributed by atoms with E-state index < -0.39 is 0 Å². The molecule has 0 bridgehead atoms. The number of pyridine rings is 2. The van der Waals surface area contributed by atoms with E-state index in [0.717, 1.165) is 33.7 Å². The van der Waals surface area contributed by atoms with Gasteiger partial charge in [0.15, 0.2) is 5.82 Å². The minimum Gasteiger partial charge on any atom is -0.297 e. The van der Waals surface area contributed by atoms with Gasteiger partial charge in [-0.2, -0.15) is 0 Å². The van der Waals surface area contributed by atoms with Gasteiger partial charge in [0.25, 0.3) is 0 Å². The first-order valence-electron chi connectivity index (χ1n) is 8.78. The molecule has 3 aromatic heterocycles. The second kappa shape index (κ2) is 6.44. The molecule has 3 heterocycles. The SMILES string of the molecule is C(#Cc1nc(-c2ccccn2)n2ccccc12)c1cccc2ccccc12. The van der Waals surface area contributed by atoms with Crippen LogP contribution in [0.2, 0.25) is 0 Å². The van der Waals surface area contributed by atoms with Gasteiger partial charge < -0.3 is 0 Å². The van der Waals surface area contributed by atoms with Crippen LogP contribution in [0.5, 0.6) is 0 Å². The summed E-state index contributed by atoms with van der Waals surface area (Å²) in [6.45, 7) is 0. The molecule has 0 aliphatic heterocycles. The van der Waals surface area contributed by atoms with Gasteiger partial charge in [-0.3, -0.25) is 9.38 Å². The Morgan fingerprint density at radius 3 is 2.52 bits per heavy atom. The molecule has 0 saturated heterocycles. The van der Waals surface area contributed by atoms with E-state index in [9.17, 15) is 0 Å². The Labute approximate surface area is 157 Å². The molecular weight excluding hydrogens is 330 g/mol. The third-order valence-corrected chi connectivity index (χ3v) is 4.55. The van der Waals surface area contributed by atoms with Gasteiger partial charge in [0.2, 0.25) is 0 Å².